The van der Waals surface area contributed by atoms with Crippen LogP contribution in [-0.2, 0) is 14.8 Å². The molecular formula is C13H19N3O3S2. The Labute approximate surface area is 129 Å². The highest BCUT2D eigenvalue weighted by Crippen LogP contribution is 2.29. The van der Waals surface area contributed by atoms with Crippen molar-refractivity contribution in [2.75, 3.05) is 5.32 Å². The number of amides is 1. The maximum absolute atomic E-state index is 12.4. The minimum atomic E-state index is -3.75. The molecule has 21 heavy (non-hydrogen) atoms. The van der Waals surface area contributed by atoms with Gasteiger partial charge in [-0.25, -0.2) is 13.6 Å². The first kappa shape index (κ1) is 17.5. The van der Waals surface area contributed by atoms with Crippen molar-refractivity contribution >= 4 is 38.8 Å². The number of nitrogens with two attached hydrogens (primary N) is 2. The number of carbonyl (C=O) groups is 1. The Hall–Kier alpha value is -1.51. The zero-order chi connectivity index (χ0) is 16.3. The summed E-state index contributed by atoms with van der Waals surface area (Å²) in [6.45, 7) is 3.68. The molecule has 0 spiro atoms. The summed E-state index contributed by atoms with van der Waals surface area (Å²) >= 11 is 5.01. The number of benzene rings is 1. The molecule has 0 radical (unpaired) electrons. The summed E-state index contributed by atoms with van der Waals surface area (Å²) in [6, 6.07) is 5.58. The Morgan fingerprint density at radius 1 is 1.24 bits per heavy atom. The van der Waals surface area contributed by atoms with Gasteiger partial charge in [0.2, 0.25) is 15.9 Å². The monoisotopic (exact) mass is 329 g/mol. The first-order chi connectivity index (χ1) is 9.67. The topological polar surface area (TPSA) is 115 Å². The summed E-state index contributed by atoms with van der Waals surface area (Å²) in [6.07, 6.45) is 0.972. The number of thiocarbonyl (C=S) groups is 1. The average Bonchev–Trinajstić information content (AvgIpc) is 2.40. The van der Waals surface area contributed by atoms with Gasteiger partial charge in [-0.15, -0.1) is 0 Å². The number of sulfonamides is 1. The Morgan fingerprint density at radius 3 is 2.05 bits per heavy atom. The van der Waals surface area contributed by atoms with Gasteiger partial charge in [-0.05, 0) is 37.1 Å². The summed E-state index contributed by atoms with van der Waals surface area (Å²) in [5.74, 6) is -0.302. The molecule has 0 saturated heterocycles. The lowest BCUT2D eigenvalue weighted by Gasteiger charge is -2.28. The lowest BCUT2D eigenvalue weighted by molar-refractivity contribution is -0.122. The molecule has 0 aliphatic rings. The van der Waals surface area contributed by atoms with E-state index in [2.05, 4.69) is 5.32 Å². The van der Waals surface area contributed by atoms with E-state index in [9.17, 15) is 13.2 Å². The molecule has 1 rings (SSSR count). The quantitative estimate of drug-likeness (QED) is 0.682. The Kier molecular flexibility index (Phi) is 5.43. The fourth-order valence-electron chi connectivity index (χ4n) is 2.01. The predicted octanol–water partition coefficient (Wildman–Crippen LogP) is 1.36. The van der Waals surface area contributed by atoms with Crippen molar-refractivity contribution in [2.45, 2.75) is 31.6 Å². The molecule has 0 heterocycles. The number of rotatable bonds is 6. The van der Waals surface area contributed by atoms with Crippen molar-refractivity contribution in [3.05, 3.63) is 24.3 Å². The Bertz CT molecular complexity index is 635. The van der Waals surface area contributed by atoms with Crippen LogP contribution in [0.5, 0.6) is 0 Å². The van der Waals surface area contributed by atoms with Crippen LogP contribution in [0.3, 0.4) is 0 Å². The van der Waals surface area contributed by atoms with Gasteiger partial charge in [0.15, 0.2) is 0 Å². The van der Waals surface area contributed by atoms with Crippen LogP contribution in [0.15, 0.2) is 29.2 Å². The van der Waals surface area contributed by atoms with E-state index in [1.165, 1.54) is 24.3 Å². The third-order valence-corrected chi connectivity index (χ3v) is 4.87. The number of primary sulfonamides is 1. The van der Waals surface area contributed by atoms with Crippen molar-refractivity contribution < 1.29 is 13.2 Å². The van der Waals surface area contributed by atoms with Gasteiger partial charge in [-0.2, -0.15) is 0 Å². The van der Waals surface area contributed by atoms with Crippen molar-refractivity contribution in [3.63, 3.8) is 0 Å². The molecule has 0 aliphatic heterocycles. The largest absolute Gasteiger partial charge is 0.392 e. The first-order valence-electron chi connectivity index (χ1n) is 6.41. The van der Waals surface area contributed by atoms with Crippen LogP contribution in [0.25, 0.3) is 0 Å². The lowest BCUT2D eigenvalue weighted by Crippen LogP contribution is -2.45. The van der Waals surface area contributed by atoms with Crippen LogP contribution in [0, 0.1) is 5.41 Å². The number of hydrogen-bond acceptors (Lipinski definition) is 4. The molecule has 5 N–H and O–H groups in total. The highest BCUT2D eigenvalue weighted by atomic mass is 32.2. The molecule has 0 fully saturated rings. The molecule has 8 heteroatoms. The molecule has 0 atom stereocenters. The zero-order valence-electron chi connectivity index (χ0n) is 11.9. The third kappa shape index (κ3) is 3.78. The molecule has 0 bridgehead atoms. The molecular weight excluding hydrogens is 310 g/mol. The van der Waals surface area contributed by atoms with E-state index in [1.807, 2.05) is 13.8 Å². The van der Waals surface area contributed by atoms with Crippen LogP contribution < -0.4 is 16.2 Å². The SMILES string of the molecule is CCC(CC)(C(=O)Nc1ccc(S(N)(=O)=O)cc1)C(N)=S. The molecule has 1 amide bonds. The maximum Gasteiger partial charge on any atom is 0.238 e. The van der Waals surface area contributed by atoms with Crippen LogP contribution in [0.2, 0.25) is 0 Å². The van der Waals surface area contributed by atoms with Crippen LogP contribution in [0.1, 0.15) is 26.7 Å². The van der Waals surface area contributed by atoms with Gasteiger partial charge in [0, 0.05) is 5.69 Å². The normalized spacial score (nSPS) is 12.0. The maximum atomic E-state index is 12.4. The van der Waals surface area contributed by atoms with Crippen molar-refractivity contribution in [1.82, 2.24) is 0 Å². The summed E-state index contributed by atoms with van der Waals surface area (Å²) in [5, 5.41) is 7.71. The van der Waals surface area contributed by atoms with Crippen molar-refractivity contribution in [2.24, 2.45) is 16.3 Å². The lowest BCUT2D eigenvalue weighted by atomic mass is 9.81. The van der Waals surface area contributed by atoms with Crippen molar-refractivity contribution in [1.29, 1.82) is 0 Å². The highest BCUT2D eigenvalue weighted by Gasteiger charge is 2.38. The summed E-state index contributed by atoms with van der Waals surface area (Å²) in [4.78, 5) is 12.5. The van der Waals surface area contributed by atoms with Gasteiger partial charge >= 0.3 is 0 Å². The third-order valence-electron chi connectivity index (χ3n) is 3.55. The Balaban J connectivity index is 3.00. The number of hydrogen-bond donors (Lipinski definition) is 3. The number of anilines is 1. The van der Waals surface area contributed by atoms with E-state index in [0.29, 0.717) is 18.5 Å². The minimum absolute atomic E-state index is 0.0212. The minimum Gasteiger partial charge on any atom is -0.392 e. The molecule has 116 valence electrons. The zero-order valence-corrected chi connectivity index (χ0v) is 13.6. The summed E-state index contributed by atoms with van der Waals surface area (Å²) < 4.78 is 22.3. The van der Waals surface area contributed by atoms with Gasteiger partial charge in [-0.3, -0.25) is 4.79 Å². The highest BCUT2D eigenvalue weighted by molar-refractivity contribution is 7.89. The van der Waals surface area contributed by atoms with Crippen LogP contribution in [-0.4, -0.2) is 19.3 Å². The average molecular weight is 329 g/mol. The fourth-order valence-corrected chi connectivity index (χ4v) is 2.91. The van der Waals surface area contributed by atoms with Crippen LogP contribution >= 0.6 is 12.2 Å². The fraction of sp³-hybridized carbons (Fsp3) is 0.385. The number of carbonyl (C=O) groups excluding carboxylic acids is 1. The van der Waals surface area contributed by atoms with E-state index >= 15 is 0 Å². The van der Waals surface area contributed by atoms with Gasteiger partial charge in [0.1, 0.15) is 0 Å². The molecule has 0 aliphatic carbocycles. The van der Waals surface area contributed by atoms with Gasteiger partial charge in [0.05, 0.1) is 15.3 Å². The molecule has 0 unspecified atom stereocenters. The molecule has 1 aromatic rings. The van der Waals surface area contributed by atoms with E-state index in [1.54, 1.807) is 0 Å². The van der Waals surface area contributed by atoms with Gasteiger partial charge < -0.3 is 11.1 Å². The molecule has 0 saturated carbocycles. The second-order valence-electron chi connectivity index (χ2n) is 4.68. The van der Waals surface area contributed by atoms with Gasteiger partial charge in [0.25, 0.3) is 0 Å². The van der Waals surface area contributed by atoms with Gasteiger partial charge in [-0.1, -0.05) is 26.1 Å². The van der Waals surface area contributed by atoms with E-state index in [4.69, 9.17) is 23.1 Å². The first-order valence-corrected chi connectivity index (χ1v) is 8.37. The number of nitrogens with one attached hydrogen (secondary N) is 1. The predicted molar refractivity (Wildman–Crippen MR) is 86.2 cm³/mol. The molecule has 1 aromatic carbocycles. The van der Waals surface area contributed by atoms with E-state index in [0.717, 1.165) is 0 Å². The molecule has 6 nitrogen and oxygen atoms in total. The van der Waals surface area contributed by atoms with E-state index < -0.39 is 15.4 Å². The standard InChI is InChI=1S/C13H19N3O3S2/c1-3-13(4-2,11(14)20)12(17)16-9-5-7-10(8-6-9)21(15,18)19/h5-8H,3-4H2,1-2H3,(H2,14,20)(H,16,17)(H2,15,18,19). The Morgan fingerprint density at radius 2 is 1.71 bits per heavy atom. The summed E-state index contributed by atoms with van der Waals surface area (Å²) in [5.41, 5.74) is 5.25. The second kappa shape index (κ2) is 6.50. The molecule has 0 aromatic heterocycles. The summed E-state index contributed by atoms with van der Waals surface area (Å²) in [7, 11) is -3.75. The second-order valence-corrected chi connectivity index (χ2v) is 6.68. The van der Waals surface area contributed by atoms with Crippen molar-refractivity contribution in [3.8, 4) is 0 Å². The smallest absolute Gasteiger partial charge is 0.238 e. The van der Waals surface area contributed by atoms with Crippen LogP contribution in [0.4, 0.5) is 5.69 Å². The van der Waals surface area contributed by atoms with E-state index in [-0.39, 0.29) is 15.8 Å².